The number of anilines is 1. The van der Waals surface area contributed by atoms with Gasteiger partial charge in [0.2, 0.25) is 5.91 Å². The van der Waals surface area contributed by atoms with E-state index < -0.39 is 0 Å². The molecular formula is C18H24ClN3O2. The highest BCUT2D eigenvalue weighted by atomic mass is 35.5. The van der Waals surface area contributed by atoms with Gasteiger partial charge in [-0.1, -0.05) is 0 Å². The number of benzene rings is 1. The van der Waals surface area contributed by atoms with Crippen LogP contribution < -0.4 is 10.6 Å². The number of piperidine rings is 1. The summed E-state index contributed by atoms with van der Waals surface area (Å²) in [6.07, 6.45) is 4.67. The summed E-state index contributed by atoms with van der Waals surface area (Å²) < 4.78 is 0. The van der Waals surface area contributed by atoms with Crippen molar-refractivity contribution in [2.24, 2.45) is 5.41 Å². The van der Waals surface area contributed by atoms with Crippen molar-refractivity contribution in [3.63, 3.8) is 0 Å². The number of fused-ring (bicyclic) bond motifs is 1. The van der Waals surface area contributed by atoms with Crippen LogP contribution in [0.25, 0.3) is 0 Å². The molecule has 2 fully saturated rings. The zero-order valence-corrected chi connectivity index (χ0v) is 14.6. The Balaban J connectivity index is 0.00000169. The lowest BCUT2D eigenvalue weighted by Gasteiger charge is -2.39. The van der Waals surface area contributed by atoms with E-state index in [1.54, 1.807) is 0 Å². The molecule has 1 spiro atoms. The van der Waals surface area contributed by atoms with Crippen molar-refractivity contribution < 1.29 is 9.59 Å². The van der Waals surface area contributed by atoms with Crippen LogP contribution in [0.4, 0.5) is 5.69 Å². The van der Waals surface area contributed by atoms with Gasteiger partial charge in [0.05, 0.1) is 0 Å². The van der Waals surface area contributed by atoms with Crippen LogP contribution >= 0.6 is 12.4 Å². The van der Waals surface area contributed by atoms with Gasteiger partial charge in [0.15, 0.2) is 0 Å². The minimum absolute atomic E-state index is 0. The lowest BCUT2D eigenvalue weighted by molar-refractivity contribution is -0.116. The van der Waals surface area contributed by atoms with E-state index in [9.17, 15) is 9.59 Å². The highest BCUT2D eigenvalue weighted by Crippen LogP contribution is 2.37. The van der Waals surface area contributed by atoms with E-state index in [0.717, 1.165) is 62.3 Å². The van der Waals surface area contributed by atoms with E-state index in [0.29, 0.717) is 11.8 Å². The number of nitrogens with zero attached hydrogens (tertiary/aromatic N) is 1. The Kier molecular flexibility index (Phi) is 4.83. The molecule has 5 nitrogen and oxygen atoms in total. The van der Waals surface area contributed by atoms with Gasteiger partial charge in [-0.15, -0.1) is 12.4 Å². The Morgan fingerprint density at radius 3 is 2.62 bits per heavy atom. The van der Waals surface area contributed by atoms with E-state index in [2.05, 4.69) is 10.6 Å². The van der Waals surface area contributed by atoms with Crippen molar-refractivity contribution in [1.82, 2.24) is 10.2 Å². The van der Waals surface area contributed by atoms with E-state index >= 15 is 0 Å². The highest BCUT2D eigenvalue weighted by molar-refractivity contribution is 5.98. The van der Waals surface area contributed by atoms with Crippen LogP contribution in [0, 0.1) is 5.41 Å². The number of carbonyl (C=O) groups excluding carboxylic acids is 2. The first-order valence-electron chi connectivity index (χ1n) is 8.58. The van der Waals surface area contributed by atoms with Crippen LogP contribution in [0.3, 0.4) is 0 Å². The molecule has 0 radical (unpaired) electrons. The van der Waals surface area contributed by atoms with Crippen LogP contribution in [0.15, 0.2) is 18.2 Å². The van der Waals surface area contributed by atoms with Crippen LogP contribution in [0.1, 0.15) is 41.6 Å². The minimum Gasteiger partial charge on any atom is -0.339 e. The maximum Gasteiger partial charge on any atom is 0.253 e. The van der Waals surface area contributed by atoms with Gasteiger partial charge >= 0.3 is 0 Å². The quantitative estimate of drug-likeness (QED) is 0.817. The first-order valence-corrected chi connectivity index (χ1v) is 8.58. The van der Waals surface area contributed by atoms with Crippen molar-refractivity contribution in [2.45, 2.75) is 32.1 Å². The van der Waals surface area contributed by atoms with Crippen molar-refractivity contribution in [3.8, 4) is 0 Å². The summed E-state index contributed by atoms with van der Waals surface area (Å²) in [7, 11) is 0. The van der Waals surface area contributed by atoms with Gasteiger partial charge in [0, 0.05) is 37.3 Å². The molecule has 24 heavy (non-hydrogen) atoms. The summed E-state index contributed by atoms with van der Waals surface area (Å²) in [5.74, 6) is 0.189. The molecule has 1 aromatic rings. The Morgan fingerprint density at radius 2 is 1.92 bits per heavy atom. The molecule has 0 aliphatic carbocycles. The molecule has 2 amide bonds. The average molecular weight is 350 g/mol. The highest BCUT2D eigenvalue weighted by Gasteiger charge is 2.38. The second kappa shape index (κ2) is 6.73. The Hall–Kier alpha value is -1.59. The van der Waals surface area contributed by atoms with E-state index in [-0.39, 0.29) is 24.2 Å². The number of rotatable bonds is 1. The molecular weight excluding hydrogens is 326 g/mol. The standard InChI is InChI=1S/C18H23N3O2.ClH/c22-16-4-2-13-11-14(1-3-15(13)20-16)17(23)21-9-6-18(7-10-21)5-8-19-12-18;/h1,3,11,19H,2,4-10,12H2,(H,20,22);1H. The molecule has 3 aliphatic rings. The van der Waals surface area contributed by atoms with Crippen LogP contribution in [-0.4, -0.2) is 42.9 Å². The number of amides is 2. The van der Waals surface area contributed by atoms with E-state index in [4.69, 9.17) is 0 Å². The molecule has 4 rings (SSSR count). The second-order valence-corrected chi connectivity index (χ2v) is 7.14. The maximum atomic E-state index is 12.8. The largest absolute Gasteiger partial charge is 0.339 e. The van der Waals surface area contributed by atoms with Crippen molar-refractivity contribution >= 4 is 29.9 Å². The fraction of sp³-hybridized carbons (Fsp3) is 0.556. The SMILES string of the molecule is Cl.O=C1CCc2cc(C(=O)N3CCC4(CCNC4)CC3)ccc2N1. The van der Waals surface area contributed by atoms with Gasteiger partial charge < -0.3 is 15.5 Å². The monoisotopic (exact) mass is 349 g/mol. The number of hydrogen-bond acceptors (Lipinski definition) is 3. The number of hydrogen-bond donors (Lipinski definition) is 2. The van der Waals surface area contributed by atoms with Crippen LogP contribution in [0.2, 0.25) is 0 Å². The molecule has 0 bridgehead atoms. The molecule has 3 heterocycles. The van der Waals surface area contributed by atoms with Crippen molar-refractivity contribution in [3.05, 3.63) is 29.3 Å². The third kappa shape index (κ3) is 3.15. The molecule has 0 unspecified atom stereocenters. The van der Waals surface area contributed by atoms with Gasteiger partial charge in [-0.2, -0.15) is 0 Å². The third-order valence-corrected chi connectivity index (χ3v) is 5.69. The Morgan fingerprint density at radius 1 is 1.12 bits per heavy atom. The molecule has 3 aliphatic heterocycles. The fourth-order valence-corrected chi connectivity index (χ4v) is 4.11. The van der Waals surface area contributed by atoms with Gasteiger partial charge in [-0.3, -0.25) is 9.59 Å². The number of aryl methyl sites for hydroxylation is 1. The topological polar surface area (TPSA) is 61.4 Å². The normalized spacial score (nSPS) is 21.8. The molecule has 0 atom stereocenters. The van der Waals surface area contributed by atoms with Gasteiger partial charge in [-0.25, -0.2) is 0 Å². The maximum absolute atomic E-state index is 12.8. The Labute approximate surface area is 148 Å². The first-order chi connectivity index (χ1) is 11.2. The van der Waals surface area contributed by atoms with Crippen LogP contribution in [0.5, 0.6) is 0 Å². The van der Waals surface area contributed by atoms with Crippen LogP contribution in [-0.2, 0) is 11.2 Å². The summed E-state index contributed by atoms with van der Waals surface area (Å²) in [6.45, 7) is 3.93. The summed E-state index contributed by atoms with van der Waals surface area (Å²) >= 11 is 0. The zero-order chi connectivity index (χ0) is 15.9. The molecule has 6 heteroatoms. The second-order valence-electron chi connectivity index (χ2n) is 7.14. The molecule has 2 N–H and O–H groups in total. The third-order valence-electron chi connectivity index (χ3n) is 5.69. The molecule has 1 aromatic carbocycles. The van der Waals surface area contributed by atoms with E-state index in [1.807, 2.05) is 23.1 Å². The number of halogens is 1. The average Bonchev–Trinajstić information content (AvgIpc) is 3.02. The van der Waals surface area contributed by atoms with Gasteiger partial charge in [0.25, 0.3) is 5.91 Å². The molecule has 0 aromatic heterocycles. The lowest BCUT2D eigenvalue weighted by Crippen LogP contribution is -2.44. The number of nitrogens with one attached hydrogen (secondary N) is 2. The summed E-state index contributed by atoms with van der Waals surface area (Å²) in [4.78, 5) is 26.2. The fourth-order valence-electron chi connectivity index (χ4n) is 4.11. The molecule has 2 saturated heterocycles. The van der Waals surface area contributed by atoms with Crippen molar-refractivity contribution in [1.29, 1.82) is 0 Å². The number of likely N-dealkylation sites (tertiary alicyclic amines) is 1. The summed E-state index contributed by atoms with van der Waals surface area (Å²) in [6, 6.07) is 5.67. The Bertz CT molecular complexity index is 646. The first kappa shape index (κ1) is 17.2. The summed E-state index contributed by atoms with van der Waals surface area (Å²) in [5, 5.41) is 6.33. The van der Waals surface area contributed by atoms with Gasteiger partial charge in [-0.05, 0) is 61.4 Å². The minimum atomic E-state index is 0. The van der Waals surface area contributed by atoms with E-state index in [1.165, 1.54) is 6.42 Å². The predicted molar refractivity (Wildman–Crippen MR) is 95.7 cm³/mol. The smallest absolute Gasteiger partial charge is 0.253 e. The molecule has 0 saturated carbocycles. The lowest BCUT2D eigenvalue weighted by atomic mass is 9.78. The number of carbonyl (C=O) groups is 2. The summed E-state index contributed by atoms with van der Waals surface area (Å²) in [5.41, 5.74) is 3.11. The molecule has 130 valence electrons. The van der Waals surface area contributed by atoms with Crippen molar-refractivity contribution in [2.75, 3.05) is 31.5 Å². The van der Waals surface area contributed by atoms with Gasteiger partial charge in [0.1, 0.15) is 0 Å². The zero-order valence-electron chi connectivity index (χ0n) is 13.8. The predicted octanol–water partition coefficient (Wildman–Crippen LogP) is 2.21.